The van der Waals surface area contributed by atoms with E-state index in [0.717, 1.165) is 5.57 Å². The fourth-order valence-corrected chi connectivity index (χ4v) is 1.86. The van der Waals surface area contributed by atoms with Crippen LogP contribution in [0.1, 0.15) is 18.4 Å². The molecule has 14 heavy (non-hydrogen) atoms. The highest BCUT2D eigenvalue weighted by Gasteiger charge is 2.21. The lowest BCUT2D eigenvalue weighted by Crippen LogP contribution is -2.18. The van der Waals surface area contributed by atoms with Gasteiger partial charge in [-0.1, -0.05) is 25.1 Å². The number of benzene rings is 1. The lowest BCUT2D eigenvalue weighted by molar-refractivity contribution is 0.881. The van der Waals surface area contributed by atoms with E-state index in [2.05, 4.69) is 25.1 Å². The standard InChI is InChI=1S/C12H12N2/c1-9-10(7-13)8-14(2)12-6-4-3-5-11(9)12/h3-6,8-9H,1-2H3. The Morgan fingerprint density at radius 2 is 2.07 bits per heavy atom. The first kappa shape index (κ1) is 8.83. The van der Waals surface area contributed by atoms with Gasteiger partial charge in [-0.15, -0.1) is 0 Å². The number of nitriles is 1. The molecule has 1 aromatic rings. The summed E-state index contributed by atoms with van der Waals surface area (Å²) in [5, 5.41) is 8.96. The van der Waals surface area contributed by atoms with Crippen LogP contribution in [-0.4, -0.2) is 7.05 Å². The lowest BCUT2D eigenvalue weighted by Gasteiger charge is -2.27. The maximum absolute atomic E-state index is 8.96. The third-order valence-corrected chi connectivity index (χ3v) is 2.71. The largest absolute Gasteiger partial charge is 0.350 e. The molecule has 0 radical (unpaired) electrons. The van der Waals surface area contributed by atoms with Crippen LogP contribution in [0.3, 0.4) is 0 Å². The first-order valence-corrected chi connectivity index (χ1v) is 4.67. The van der Waals surface area contributed by atoms with Gasteiger partial charge in [0.25, 0.3) is 0 Å². The van der Waals surface area contributed by atoms with Crippen LogP contribution in [-0.2, 0) is 0 Å². The van der Waals surface area contributed by atoms with Gasteiger partial charge in [0.1, 0.15) is 0 Å². The van der Waals surface area contributed by atoms with Crippen LogP contribution in [0.15, 0.2) is 36.0 Å². The normalized spacial score (nSPS) is 19.6. The Morgan fingerprint density at radius 3 is 2.79 bits per heavy atom. The van der Waals surface area contributed by atoms with Crippen molar-refractivity contribution in [3.05, 3.63) is 41.6 Å². The lowest BCUT2D eigenvalue weighted by atomic mass is 9.90. The van der Waals surface area contributed by atoms with E-state index in [-0.39, 0.29) is 5.92 Å². The summed E-state index contributed by atoms with van der Waals surface area (Å²) >= 11 is 0. The Bertz CT molecular complexity index is 426. The van der Waals surface area contributed by atoms with Gasteiger partial charge in [0, 0.05) is 24.9 Å². The van der Waals surface area contributed by atoms with Gasteiger partial charge in [-0.3, -0.25) is 0 Å². The Labute approximate surface area is 84.1 Å². The van der Waals surface area contributed by atoms with Crippen LogP contribution in [0.2, 0.25) is 0 Å². The highest BCUT2D eigenvalue weighted by atomic mass is 15.1. The number of anilines is 1. The van der Waals surface area contributed by atoms with E-state index in [4.69, 9.17) is 5.26 Å². The van der Waals surface area contributed by atoms with Gasteiger partial charge in [-0.25, -0.2) is 0 Å². The molecule has 0 bridgehead atoms. The predicted molar refractivity (Wildman–Crippen MR) is 57.0 cm³/mol. The van der Waals surface area contributed by atoms with Crippen molar-refractivity contribution in [1.29, 1.82) is 5.26 Å². The van der Waals surface area contributed by atoms with E-state index in [1.54, 1.807) is 0 Å². The first-order valence-electron chi connectivity index (χ1n) is 4.67. The van der Waals surface area contributed by atoms with Crippen LogP contribution >= 0.6 is 0 Å². The molecule has 1 atom stereocenters. The molecule has 2 rings (SSSR count). The van der Waals surface area contributed by atoms with Gasteiger partial charge < -0.3 is 4.90 Å². The summed E-state index contributed by atoms with van der Waals surface area (Å²) < 4.78 is 0. The predicted octanol–water partition coefficient (Wildman–Crippen LogP) is 2.65. The Hall–Kier alpha value is -1.75. The average molecular weight is 184 g/mol. The Kier molecular flexibility index (Phi) is 2.01. The molecule has 2 nitrogen and oxygen atoms in total. The number of hydrogen-bond acceptors (Lipinski definition) is 2. The van der Waals surface area contributed by atoms with Crippen molar-refractivity contribution < 1.29 is 0 Å². The summed E-state index contributed by atoms with van der Waals surface area (Å²) in [7, 11) is 1.97. The number of hydrogen-bond donors (Lipinski definition) is 0. The molecule has 0 N–H and O–H groups in total. The van der Waals surface area contributed by atoms with Crippen molar-refractivity contribution >= 4 is 5.69 Å². The van der Waals surface area contributed by atoms with E-state index in [1.807, 2.05) is 30.3 Å². The average Bonchev–Trinajstić information content (AvgIpc) is 2.23. The zero-order chi connectivity index (χ0) is 10.1. The second-order valence-corrected chi connectivity index (χ2v) is 3.59. The molecule has 70 valence electrons. The van der Waals surface area contributed by atoms with Crippen molar-refractivity contribution in [2.75, 3.05) is 11.9 Å². The van der Waals surface area contributed by atoms with Crippen molar-refractivity contribution in [3.8, 4) is 6.07 Å². The molecule has 0 spiro atoms. The summed E-state index contributed by atoms with van der Waals surface area (Å²) in [6, 6.07) is 10.4. The zero-order valence-electron chi connectivity index (χ0n) is 8.36. The number of fused-ring (bicyclic) bond motifs is 1. The minimum atomic E-state index is 0.215. The molecular formula is C12H12N2. The Balaban J connectivity index is 2.56. The maximum atomic E-state index is 8.96. The smallest absolute Gasteiger partial charge is 0.0968 e. The molecule has 0 saturated carbocycles. The molecule has 2 heteroatoms. The van der Waals surface area contributed by atoms with Gasteiger partial charge in [0.2, 0.25) is 0 Å². The van der Waals surface area contributed by atoms with E-state index in [0.29, 0.717) is 0 Å². The van der Waals surface area contributed by atoms with E-state index >= 15 is 0 Å². The highest BCUT2D eigenvalue weighted by molar-refractivity contribution is 5.63. The second-order valence-electron chi connectivity index (χ2n) is 3.59. The van der Waals surface area contributed by atoms with Gasteiger partial charge in [0.15, 0.2) is 0 Å². The summed E-state index contributed by atoms with van der Waals surface area (Å²) in [4.78, 5) is 2.01. The van der Waals surface area contributed by atoms with Crippen molar-refractivity contribution in [2.24, 2.45) is 0 Å². The number of nitrogens with zero attached hydrogens (tertiary/aromatic N) is 2. The van der Waals surface area contributed by atoms with Crippen LogP contribution in [0, 0.1) is 11.3 Å². The third kappa shape index (κ3) is 1.18. The molecule has 1 aromatic carbocycles. The third-order valence-electron chi connectivity index (χ3n) is 2.71. The molecule has 0 fully saturated rings. The number of allylic oxidation sites excluding steroid dienone is 1. The molecule has 1 aliphatic rings. The van der Waals surface area contributed by atoms with Crippen molar-refractivity contribution in [2.45, 2.75) is 12.8 Å². The van der Waals surface area contributed by atoms with Crippen LogP contribution in [0.25, 0.3) is 0 Å². The highest BCUT2D eigenvalue weighted by Crippen LogP contribution is 2.35. The quantitative estimate of drug-likeness (QED) is 0.619. The molecule has 1 aliphatic heterocycles. The zero-order valence-corrected chi connectivity index (χ0v) is 8.36. The van der Waals surface area contributed by atoms with Gasteiger partial charge in [0.05, 0.1) is 11.6 Å². The summed E-state index contributed by atoms with van der Waals surface area (Å²) in [5.41, 5.74) is 3.25. The van der Waals surface area contributed by atoms with Crippen molar-refractivity contribution in [1.82, 2.24) is 0 Å². The number of rotatable bonds is 0. The minimum absolute atomic E-state index is 0.215. The number of para-hydroxylation sites is 1. The molecule has 0 aliphatic carbocycles. The molecular weight excluding hydrogens is 172 g/mol. The SMILES string of the molecule is CC1C(C#N)=CN(C)c2ccccc21. The van der Waals surface area contributed by atoms with Gasteiger partial charge in [-0.2, -0.15) is 5.26 Å². The summed E-state index contributed by atoms with van der Waals surface area (Å²) in [6.07, 6.45) is 1.91. The van der Waals surface area contributed by atoms with E-state index < -0.39 is 0 Å². The van der Waals surface area contributed by atoms with E-state index in [9.17, 15) is 0 Å². The Morgan fingerprint density at radius 1 is 1.36 bits per heavy atom. The van der Waals surface area contributed by atoms with Crippen molar-refractivity contribution in [3.63, 3.8) is 0 Å². The molecule has 1 unspecified atom stereocenters. The molecule has 1 heterocycles. The fourth-order valence-electron chi connectivity index (χ4n) is 1.86. The van der Waals surface area contributed by atoms with Crippen LogP contribution < -0.4 is 4.90 Å². The van der Waals surface area contributed by atoms with Gasteiger partial charge in [-0.05, 0) is 11.6 Å². The monoisotopic (exact) mass is 184 g/mol. The molecule has 0 amide bonds. The topological polar surface area (TPSA) is 27.0 Å². The minimum Gasteiger partial charge on any atom is -0.350 e. The first-order chi connectivity index (χ1) is 6.74. The second kappa shape index (κ2) is 3.19. The van der Waals surface area contributed by atoms with Crippen LogP contribution in [0.4, 0.5) is 5.69 Å². The van der Waals surface area contributed by atoms with Crippen LogP contribution in [0.5, 0.6) is 0 Å². The maximum Gasteiger partial charge on any atom is 0.0968 e. The molecule has 0 aromatic heterocycles. The van der Waals surface area contributed by atoms with E-state index in [1.165, 1.54) is 11.3 Å². The fraction of sp³-hybridized carbons (Fsp3) is 0.250. The van der Waals surface area contributed by atoms with Gasteiger partial charge >= 0.3 is 0 Å². The summed E-state index contributed by atoms with van der Waals surface area (Å²) in [5.74, 6) is 0.215. The molecule has 0 saturated heterocycles. The summed E-state index contributed by atoms with van der Waals surface area (Å²) in [6.45, 7) is 2.07.